The maximum atomic E-state index is 13.3. The predicted molar refractivity (Wildman–Crippen MR) is 114 cm³/mol. The molecular weight excluding hydrogens is 504 g/mol. The number of benzene rings is 1. The Morgan fingerprint density at radius 1 is 1.12 bits per heavy atom. The zero-order chi connectivity index (χ0) is 17.6. The molecule has 2 N–H and O–H groups in total. The molecule has 0 unspecified atom stereocenters. The molecule has 0 radical (unpaired) electrons. The fraction of sp³-hybridized carbons (Fsp3) is 0.588. The molecule has 0 saturated carbocycles. The van der Waals surface area contributed by atoms with Gasteiger partial charge in [0, 0.05) is 31.2 Å². The van der Waals surface area contributed by atoms with Crippen LogP contribution in [0.15, 0.2) is 27.7 Å². The molecule has 0 fully saturated rings. The monoisotopic (exact) mass is 531 g/mol. The lowest BCUT2D eigenvalue weighted by Gasteiger charge is -2.12. The summed E-state index contributed by atoms with van der Waals surface area (Å²) in [5.74, 6) is 0.386. The first kappa shape index (κ1) is 24.6. The quantitative estimate of drug-likeness (QED) is 0.198. The lowest BCUT2D eigenvalue weighted by atomic mass is 10.2. The standard InChI is InChI=1S/C17H27BrFN3O2.HI/c1-3-4-6-23-8-9-24-7-5-21-17(20-2)22-13-14-10-15(18)12-16(19)11-14;/h10-12H,3-9,13H2,1-2H3,(H2,20,21,22);1H. The van der Waals surface area contributed by atoms with E-state index in [1.807, 2.05) is 6.07 Å². The first-order valence-corrected chi connectivity index (χ1v) is 9.00. The highest BCUT2D eigenvalue weighted by molar-refractivity contribution is 14.0. The number of nitrogens with zero attached hydrogens (tertiary/aromatic N) is 1. The van der Waals surface area contributed by atoms with Crippen molar-refractivity contribution in [1.29, 1.82) is 0 Å². The lowest BCUT2D eigenvalue weighted by Crippen LogP contribution is -2.38. The Labute approximate surface area is 175 Å². The van der Waals surface area contributed by atoms with Gasteiger partial charge in [0.15, 0.2) is 5.96 Å². The Kier molecular flexibility index (Phi) is 15.5. The van der Waals surface area contributed by atoms with E-state index >= 15 is 0 Å². The Morgan fingerprint density at radius 3 is 2.48 bits per heavy atom. The van der Waals surface area contributed by atoms with Gasteiger partial charge in [-0.05, 0) is 30.2 Å². The molecule has 0 atom stereocenters. The van der Waals surface area contributed by atoms with Gasteiger partial charge >= 0.3 is 0 Å². The number of nitrogens with one attached hydrogen (secondary N) is 2. The first-order chi connectivity index (χ1) is 11.7. The number of aliphatic imine (C=N–C) groups is 1. The predicted octanol–water partition coefficient (Wildman–Crippen LogP) is 3.70. The van der Waals surface area contributed by atoms with Crippen LogP contribution in [0.1, 0.15) is 25.3 Å². The molecule has 0 aliphatic carbocycles. The van der Waals surface area contributed by atoms with Gasteiger partial charge in [0.2, 0.25) is 0 Å². The van der Waals surface area contributed by atoms with Gasteiger partial charge in [0.1, 0.15) is 5.82 Å². The van der Waals surface area contributed by atoms with Crippen molar-refractivity contribution in [2.24, 2.45) is 4.99 Å². The van der Waals surface area contributed by atoms with Crippen molar-refractivity contribution < 1.29 is 13.9 Å². The van der Waals surface area contributed by atoms with Gasteiger partial charge in [-0.1, -0.05) is 29.3 Å². The summed E-state index contributed by atoms with van der Waals surface area (Å²) in [7, 11) is 1.69. The molecule has 8 heteroatoms. The molecule has 25 heavy (non-hydrogen) atoms. The van der Waals surface area contributed by atoms with Crippen molar-refractivity contribution in [3.8, 4) is 0 Å². The average molecular weight is 532 g/mol. The van der Waals surface area contributed by atoms with Gasteiger partial charge in [-0.3, -0.25) is 4.99 Å². The molecule has 0 spiro atoms. The maximum absolute atomic E-state index is 13.3. The molecule has 0 aliphatic rings. The second-order valence-corrected chi connectivity index (χ2v) is 6.12. The van der Waals surface area contributed by atoms with E-state index in [4.69, 9.17) is 9.47 Å². The van der Waals surface area contributed by atoms with Crippen LogP contribution in [0.25, 0.3) is 0 Å². The number of guanidine groups is 1. The van der Waals surface area contributed by atoms with Crippen LogP contribution in [-0.4, -0.2) is 46.0 Å². The van der Waals surface area contributed by atoms with Crippen molar-refractivity contribution in [2.45, 2.75) is 26.3 Å². The number of hydrogen-bond acceptors (Lipinski definition) is 3. The fourth-order valence-electron chi connectivity index (χ4n) is 1.93. The minimum absolute atomic E-state index is 0. The summed E-state index contributed by atoms with van der Waals surface area (Å²) in [5, 5.41) is 6.28. The maximum Gasteiger partial charge on any atom is 0.191 e. The smallest absolute Gasteiger partial charge is 0.191 e. The molecule has 1 rings (SSSR count). The zero-order valence-corrected chi connectivity index (χ0v) is 18.7. The molecule has 5 nitrogen and oxygen atoms in total. The molecule has 1 aromatic carbocycles. The Hall–Kier alpha value is -0.450. The van der Waals surface area contributed by atoms with Crippen LogP contribution < -0.4 is 10.6 Å². The van der Waals surface area contributed by atoms with Crippen LogP contribution in [0.2, 0.25) is 0 Å². The van der Waals surface area contributed by atoms with Gasteiger partial charge in [-0.25, -0.2) is 4.39 Å². The van der Waals surface area contributed by atoms with E-state index in [1.165, 1.54) is 12.1 Å². The summed E-state index contributed by atoms with van der Waals surface area (Å²) >= 11 is 3.28. The summed E-state index contributed by atoms with van der Waals surface area (Å²) in [6.07, 6.45) is 2.23. The number of halogens is 3. The van der Waals surface area contributed by atoms with Crippen molar-refractivity contribution >= 4 is 45.9 Å². The van der Waals surface area contributed by atoms with Gasteiger partial charge in [-0.15, -0.1) is 24.0 Å². The van der Waals surface area contributed by atoms with Gasteiger partial charge in [0.25, 0.3) is 0 Å². The molecule has 0 amide bonds. The number of hydrogen-bond donors (Lipinski definition) is 2. The van der Waals surface area contributed by atoms with E-state index < -0.39 is 0 Å². The van der Waals surface area contributed by atoms with Gasteiger partial charge in [-0.2, -0.15) is 0 Å². The highest BCUT2D eigenvalue weighted by Gasteiger charge is 2.01. The third-order valence-electron chi connectivity index (χ3n) is 3.16. The van der Waals surface area contributed by atoms with Crippen LogP contribution in [0.4, 0.5) is 4.39 Å². The van der Waals surface area contributed by atoms with Crippen molar-refractivity contribution in [3.05, 3.63) is 34.1 Å². The third-order valence-corrected chi connectivity index (χ3v) is 3.62. The third kappa shape index (κ3) is 12.5. The minimum Gasteiger partial charge on any atom is -0.379 e. The van der Waals surface area contributed by atoms with Crippen LogP contribution in [-0.2, 0) is 16.0 Å². The van der Waals surface area contributed by atoms with Gasteiger partial charge in [0.05, 0.1) is 19.8 Å². The van der Waals surface area contributed by atoms with Crippen LogP contribution in [0, 0.1) is 5.82 Å². The Balaban J connectivity index is 0.00000576. The van der Waals surface area contributed by atoms with E-state index in [-0.39, 0.29) is 29.8 Å². The van der Waals surface area contributed by atoms with Crippen LogP contribution >= 0.6 is 39.9 Å². The molecule has 144 valence electrons. The first-order valence-electron chi connectivity index (χ1n) is 8.20. The fourth-order valence-corrected chi connectivity index (χ4v) is 2.44. The Morgan fingerprint density at radius 2 is 1.84 bits per heavy atom. The molecular formula is C17H28BrFIN3O2. The van der Waals surface area contributed by atoms with Crippen LogP contribution in [0.5, 0.6) is 0 Å². The summed E-state index contributed by atoms with van der Waals surface area (Å²) in [6.45, 7) is 5.85. The highest BCUT2D eigenvalue weighted by atomic mass is 127. The topological polar surface area (TPSA) is 54.9 Å². The number of unbranched alkanes of at least 4 members (excludes halogenated alkanes) is 1. The summed E-state index contributed by atoms with van der Waals surface area (Å²) < 4.78 is 24.9. The molecule has 0 saturated heterocycles. The van der Waals surface area contributed by atoms with Crippen molar-refractivity contribution in [2.75, 3.05) is 40.0 Å². The highest BCUT2D eigenvalue weighted by Crippen LogP contribution is 2.14. The second-order valence-electron chi connectivity index (χ2n) is 5.21. The van der Waals surface area contributed by atoms with Crippen molar-refractivity contribution in [1.82, 2.24) is 10.6 Å². The SMILES string of the molecule is CCCCOCCOCCNC(=NC)NCc1cc(F)cc(Br)c1.I. The summed E-state index contributed by atoms with van der Waals surface area (Å²) in [4.78, 5) is 4.12. The normalized spacial score (nSPS) is 11.1. The van der Waals surface area contributed by atoms with E-state index in [2.05, 4.69) is 38.5 Å². The molecule has 0 aromatic heterocycles. The van der Waals surface area contributed by atoms with E-state index in [9.17, 15) is 4.39 Å². The molecule has 0 aliphatic heterocycles. The van der Waals surface area contributed by atoms with E-state index in [0.717, 1.165) is 29.5 Å². The van der Waals surface area contributed by atoms with Crippen molar-refractivity contribution in [3.63, 3.8) is 0 Å². The van der Waals surface area contributed by atoms with E-state index in [0.29, 0.717) is 38.9 Å². The number of ether oxygens (including phenoxy) is 2. The zero-order valence-electron chi connectivity index (χ0n) is 14.8. The minimum atomic E-state index is -0.265. The second kappa shape index (κ2) is 15.8. The molecule has 1 aromatic rings. The van der Waals surface area contributed by atoms with Gasteiger partial charge < -0.3 is 20.1 Å². The average Bonchev–Trinajstić information content (AvgIpc) is 2.55. The molecule has 0 bridgehead atoms. The van der Waals surface area contributed by atoms with E-state index in [1.54, 1.807) is 7.05 Å². The largest absolute Gasteiger partial charge is 0.379 e. The summed E-state index contributed by atoms with van der Waals surface area (Å²) in [6, 6.07) is 4.79. The van der Waals surface area contributed by atoms with Crippen LogP contribution in [0.3, 0.4) is 0 Å². The number of rotatable bonds is 11. The molecule has 0 heterocycles. The Bertz CT molecular complexity index is 487. The summed E-state index contributed by atoms with van der Waals surface area (Å²) in [5.41, 5.74) is 0.838. The lowest BCUT2D eigenvalue weighted by molar-refractivity contribution is 0.0487.